The van der Waals surface area contributed by atoms with Gasteiger partial charge in [-0.05, 0) is 57.4 Å². The molecule has 1 saturated heterocycles. The first-order valence-corrected chi connectivity index (χ1v) is 8.24. The number of likely N-dealkylation sites (N-methyl/N-ethyl adjacent to an activating group) is 1. The van der Waals surface area contributed by atoms with Gasteiger partial charge in [-0.15, -0.1) is 0 Å². The lowest BCUT2D eigenvalue weighted by molar-refractivity contribution is 0.0708. The molecule has 1 aliphatic heterocycles. The van der Waals surface area contributed by atoms with E-state index >= 15 is 0 Å². The monoisotopic (exact) mass is 250 g/mol. The highest BCUT2D eigenvalue weighted by atomic mass is 15.2. The summed E-state index contributed by atoms with van der Waals surface area (Å²) < 4.78 is 0. The van der Waals surface area contributed by atoms with Crippen molar-refractivity contribution < 1.29 is 0 Å². The van der Waals surface area contributed by atoms with Gasteiger partial charge in [-0.1, -0.05) is 19.8 Å². The molecule has 2 bridgehead atoms. The largest absolute Gasteiger partial charge is 0.315 e. The van der Waals surface area contributed by atoms with Gasteiger partial charge in [0.2, 0.25) is 0 Å². The lowest BCUT2D eigenvalue weighted by Gasteiger charge is -2.44. The minimum atomic E-state index is 0.762. The van der Waals surface area contributed by atoms with Crippen LogP contribution in [0.2, 0.25) is 0 Å². The molecule has 3 aliphatic rings. The van der Waals surface area contributed by atoms with E-state index in [0.29, 0.717) is 0 Å². The zero-order valence-corrected chi connectivity index (χ0v) is 12.2. The van der Waals surface area contributed by atoms with Crippen LogP contribution in [0.3, 0.4) is 0 Å². The predicted octanol–water partition coefficient (Wildman–Crippen LogP) is 3.03. The molecule has 2 nitrogen and oxygen atoms in total. The summed E-state index contributed by atoms with van der Waals surface area (Å²) in [5, 5.41) is 3.61. The van der Waals surface area contributed by atoms with Crippen LogP contribution in [0.1, 0.15) is 58.3 Å². The van der Waals surface area contributed by atoms with Gasteiger partial charge >= 0.3 is 0 Å². The van der Waals surface area contributed by atoms with E-state index in [9.17, 15) is 0 Å². The Kier molecular flexibility index (Phi) is 3.95. The molecule has 104 valence electrons. The number of hydrogen-bond donors (Lipinski definition) is 1. The minimum Gasteiger partial charge on any atom is -0.315 e. The Balaban J connectivity index is 1.66. The summed E-state index contributed by atoms with van der Waals surface area (Å²) in [7, 11) is 2.17. The van der Waals surface area contributed by atoms with E-state index in [2.05, 4.69) is 24.2 Å². The van der Waals surface area contributed by atoms with Crippen molar-refractivity contribution in [1.82, 2.24) is 10.2 Å². The number of nitrogens with zero attached hydrogens (tertiary/aromatic N) is 1. The van der Waals surface area contributed by atoms with Gasteiger partial charge in [0.25, 0.3) is 0 Å². The third-order valence-corrected chi connectivity index (χ3v) is 5.87. The molecule has 0 aromatic heterocycles. The van der Waals surface area contributed by atoms with E-state index in [1.54, 1.807) is 0 Å². The molecule has 1 N–H and O–H groups in total. The van der Waals surface area contributed by atoms with Gasteiger partial charge in [0, 0.05) is 24.7 Å². The molecular formula is C16H30N2. The zero-order valence-electron chi connectivity index (χ0n) is 12.2. The molecule has 0 spiro atoms. The van der Waals surface area contributed by atoms with E-state index < -0.39 is 0 Å². The molecule has 1 heterocycles. The van der Waals surface area contributed by atoms with Crippen LogP contribution < -0.4 is 5.32 Å². The van der Waals surface area contributed by atoms with E-state index in [-0.39, 0.29) is 0 Å². The smallest absolute Gasteiger partial charge is 0.0254 e. The van der Waals surface area contributed by atoms with Gasteiger partial charge in [0.15, 0.2) is 0 Å². The van der Waals surface area contributed by atoms with Gasteiger partial charge in [0.05, 0.1) is 0 Å². The first-order chi connectivity index (χ1) is 8.81. The second kappa shape index (κ2) is 5.50. The molecule has 2 aliphatic carbocycles. The van der Waals surface area contributed by atoms with Crippen LogP contribution >= 0.6 is 0 Å². The van der Waals surface area contributed by atoms with Crippen molar-refractivity contribution >= 4 is 0 Å². The van der Waals surface area contributed by atoms with Crippen molar-refractivity contribution in [3.8, 4) is 0 Å². The summed E-state index contributed by atoms with van der Waals surface area (Å²) in [6.07, 6.45) is 11.6. The third-order valence-electron chi connectivity index (χ3n) is 5.87. The molecule has 0 aromatic carbocycles. The minimum absolute atomic E-state index is 0.762. The summed E-state index contributed by atoms with van der Waals surface area (Å²) in [5.74, 6) is 2.04. The normalized spacial score (nSPS) is 44.7. The number of fused-ring (bicyclic) bond motifs is 2. The Morgan fingerprint density at radius 2 is 2.00 bits per heavy atom. The van der Waals surface area contributed by atoms with Crippen molar-refractivity contribution in [1.29, 1.82) is 0 Å². The Morgan fingerprint density at radius 3 is 2.61 bits per heavy atom. The highest BCUT2D eigenvalue weighted by Gasteiger charge is 2.44. The van der Waals surface area contributed by atoms with Gasteiger partial charge in [0.1, 0.15) is 0 Å². The molecule has 0 aromatic rings. The molecule has 2 heteroatoms. The lowest BCUT2D eigenvalue weighted by Crippen LogP contribution is -2.54. The van der Waals surface area contributed by atoms with Crippen LogP contribution in [-0.4, -0.2) is 36.6 Å². The third kappa shape index (κ3) is 2.34. The number of piperidine rings is 1. The maximum atomic E-state index is 3.61. The summed E-state index contributed by atoms with van der Waals surface area (Å²) in [6, 6.07) is 2.55. The number of likely N-dealkylation sites (tertiary alicyclic amines) is 1. The van der Waals surface area contributed by atoms with Crippen LogP contribution in [0.4, 0.5) is 0 Å². The number of rotatable bonds is 4. The number of hydrogen-bond acceptors (Lipinski definition) is 2. The molecule has 0 radical (unpaired) electrons. The molecule has 5 atom stereocenters. The number of nitrogens with one attached hydrogen (secondary N) is 1. The highest BCUT2D eigenvalue weighted by molar-refractivity contribution is 5.00. The fraction of sp³-hybridized carbons (Fsp3) is 1.00. The maximum Gasteiger partial charge on any atom is 0.0254 e. The molecular weight excluding hydrogens is 220 g/mol. The van der Waals surface area contributed by atoms with Gasteiger partial charge in [-0.25, -0.2) is 0 Å². The molecule has 3 fully saturated rings. The fourth-order valence-corrected chi connectivity index (χ4v) is 4.97. The molecule has 0 amide bonds. The molecule has 2 saturated carbocycles. The van der Waals surface area contributed by atoms with Gasteiger partial charge in [-0.2, -0.15) is 0 Å². The zero-order chi connectivity index (χ0) is 12.5. The van der Waals surface area contributed by atoms with Crippen molar-refractivity contribution in [2.75, 3.05) is 13.6 Å². The average Bonchev–Trinajstić information content (AvgIpc) is 3.01. The van der Waals surface area contributed by atoms with E-state index in [1.807, 2.05) is 0 Å². The van der Waals surface area contributed by atoms with Crippen LogP contribution in [0.25, 0.3) is 0 Å². The van der Waals surface area contributed by atoms with Crippen molar-refractivity contribution in [2.24, 2.45) is 11.8 Å². The Hall–Kier alpha value is -0.0800. The maximum absolute atomic E-state index is 3.61. The second-order valence-electron chi connectivity index (χ2n) is 6.96. The van der Waals surface area contributed by atoms with Gasteiger partial charge in [-0.3, -0.25) is 4.90 Å². The van der Waals surface area contributed by atoms with Crippen molar-refractivity contribution in [2.45, 2.75) is 76.4 Å². The van der Waals surface area contributed by atoms with Crippen molar-refractivity contribution in [3.63, 3.8) is 0 Å². The second-order valence-corrected chi connectivity index (χ2v) is 6.96. The summed E-state index contributed by atoms with van der Waals surface area (Å²) in [4.78, 5) is 2.90. The predicted molar refractivity (Wildman–Crippen MR) is 76.7 cm³/mol. The first-order valence-electron chi connectivity index (χ1n) is 8.24. The molecule has 18 heavy (non-hydrogen) atoms. The standard InChI is InChI=1S/C16H30N2/c1-3-4-12-6-8-15(17-2)16(10-12)18-11-13-5-7-14(18)9-13/h12-17H,3-11H2,1-2H3. The quantitative estimate of drug-likeness (QED) is 0.825. The van der Waals surface area contributed by atoms with Crippen LogP contribution in [-0.2, 0) is 0 Å². The summed E-state index contributed by atoms with van der Waals surface area (Å²) in [5.41, 5.74) is 0. The topological polar surface area (TPSA) is 15.3 Å². The fourth-order valence-electron chi connectivity index (χ4n) is 4.97. The van der Waals surface area contributed by atoms with E-state index in [0.717, 1.165) is 30.0 Å². The molecule has 5 unspecified atom stereocenters. The highest BCUT2D eigenvalue weighted by Crippen LogP contribution is 2.42. The SMILES string of the molecule is CCCC1CCC(NC)C(N2CC3CCC2C3)C1. The van der Waals surface area contributed by atoms with Crippen molar-refractivity contribution in [3.05, 3.63) is 0 Å². The Labute approximate surface area is 113 Å². The average molecular weight is 250 g/mol. The summed E-state index contributed by atoms with van der Waals surface area (Å²) >= 11 is 0. The van der Waals surface area contributed by atoms with Gasteiger partial charge < -0.3 is 5.32 Å². The van der Waals surface area contributed by atoms with E-state index in [1.165, 1.54) is 57.9 Å². The first kappa shape index (κ1) is 12.9. The lowest BCUT2D eigenvalue weighted by atomic mass is 9.79. The van der Waals surface area contributed by atoms with E-state index in [4.69, 9.17) is 0 Å². The van der Waals surface area contributed by atoms with Crippen LogP contribution in [0, 0.1) is 11.8 Å². The van der Waals surface area contributed by atoms with Crippen LogP contribution in [0.5, 0.6) is 0 Å². The molecule has 3 rings (SSSR count). The Morgan fingerprint density at radius 1 is 1.11 bits per heavy atom. The summed E-state index contributed by atoms with van der Waals surface area (Å²) in [6.45, 7) is 3.75. The van der Waals surface area contributed by atoms with Crippen LogP contribution in [0.15, 0.2) is 0 Å². The Bertz CT molecular complexity index is 278.